The lowest BCUT2D eigenvalue weighted by Gasteiger charge is -2.36. The number of nitrogens with zero attached hydrogens (tertiary/aromatic N) is 1. The highest BCUT2D eigenvalue weighted by Gasteiger charge is 2.29. The lowest BCUT2D eigenvalue weighted by atomic mass is 9.88. The molecule has 160 valence electrons. The van der Waals surface area contributed by atoms with E-state index in [4.69, 9.17) is 4.42 Å². The number of benzene rings is 1. The minimum atomic E-state index is -0.477. The van der Waals surface area contributed by atoms with Crippen molar-refractivity contribution >= 4 is 39.3 Å². The fourth-order valence-corrected chi connectivity index (χ4v) is 4.13. The summed E-state index contributed by atoms with van der Waals surface area (Å²) in [6.45, 7) is 5.50. The maximum absolute atomic E-state index is 13.3. The molecule has 0 radical (unpaired) electrons. The van der Waals surface area contributed by atoms with E-state index in [1.165, 1.54) is 12.3 Å². The predicted molar refractivity (Wildman–Crippen MR) is 117 cm³/mol. The fraction of sp³-hybridized carbons (Fsp3) is 0.409. The molecule has 2 aromatic rings. The van der Waals surface area contributed by atoms with Crippen LogP contribution in [-0.2, 0) is 4.79 Å². The third-order valence-electron chi connectivity index (χ3n) is 5.25. The lowest BCUT2D eigenvalue weighted by Crippen LogP contribution is -2.43. The Kier molecular flexibility index (Phi) is 7.31. The van der Waals surface area contributed by atoms with Crippen LogP contribution in [0.4, 0.5) is 5.69 Å². The van der Waals surface area contributed by atoms with E-state index in [9.17, 15) is 14.4 Å². The summed E-state index contributed by atoms with van der Waals surface area (Å²) in [5.41, 5.74) is 0.853. The number of likely N-dealkylation sites (tertiary alicyclic amines) is 1. The van der Waals surface area contributed by atoms with Crippen LogP contribution in [0.3, 0.4) is 0 Å². The second kappa shape index (κ2) is 9.93. The topological polar surface area (TPSA) is 91.7 Å². The molecule has 0 saturated carbocycles. The predicted octanol–water partition coefficient (Wildman–Crippen LogP) is 3.92. The summed E-state index contributed by atoms with van der Waals surface area (Å²) in [6, 6.07) is 8.29. The zero-order chi connectivity index (χ0) is 21.7. The molecule has 0 aliphatic carbocycles. The van der Waals surface area contributed by atoms with Crippen LogP contribution >= 0.6 is 15.9 Å². The molecular weight excluding hydrogens is 450 g/mol. The van der Waals surface area contributed by atoms with Crippen molar-refractivity contribution in [3.05, 3.63) is 52.4 Å². The Labute approximate surface area is 184 Å². The first kappa shape index (κ1) is 22.1. The van der Waals surface area contributed by atoms with E-state index in [0.717, 1.165) is 23.9 Å². The summed E-state index contributed by atoms with van der Waals surface area (Å²) < 4.78 is 5.76. The van der Waals surface area contributed by atoms with Crippen LogP contribution in [0.5, 0.6) is 0 Å². The average molecular weight is 476 g/mol. The highest BCUT2D eigenvalue weighted by Crippen LogP contribution is 2.28. The number of halogens is 1. The molecule has 1 aromatic carbocycles. The van der Waals surface area contributed by atoms with Gasteiger partial charge in [0.1, 0.15) is 0 Å². The van der Waals surface area contributed by atoms with Crippen molar-refractivity contribution in [2.24, 2.45) is 11.8 Å². The van der Waals surface area contributed by atoms with Gasteiger partial charge in [0.15, 0.2) is 5.76 Å². The molecular formula is C22H26BrN3O4. The number of nitrogens with one attached hydrogen (secondary N) is 2. The lowest BCUT2D eigenvalue weighted by molar-refractivity contribution is -0.115. The maximum Gasteiger partial charge on any atom is 0.287 e. The Hall–Kier alpha value is -2.61. The number of hydrogen-bond acceptors (Lipinski definition) is 4. The largest absolute Gasteiger partial charge is 0.459 e. The number of hydrogen-bond donors (Lipinski definition) is 2. The molecule has 1 aliphatic heterocycles. The minimum absolute atomic E-state index is 0.101. The van der Waals surface area contributed by atoms with Gasteiger partial charge in [-0.15, -0.1) is 0 Å². The number of carbonyl (C=O) groups excluding carboxylic acids is 3. The van der Waals surface area contributed by atoms with E-state index < -0.39 is 11.8 Å². The van der Waals surface area contributed by atoms with Gasteiger partial charge in [-0.25, -0.2) is 0 Å². The van der Waals surface area contributed by atoms with Crippen molar-refractivity contribution in [3.8, 4) is 0 Å². The van der Waals surface area contributed by atoms with E-state index in [2.05, 4.69) is 40.4 Å². The van der Waals surface area contributed by atoms with Crippen LogP contribution in [0.1, 0.15) is 47.6 Å². The summed E-state index contributed by atoms with van der Waals surface area (Å²) in [5, 5.41) is 5.24. The minimum Gasteiger partial charge on any atom is -0.459 e. The third-order valence-corrected chi connectivity index (χ3v) is 5.74. The standard InChI is InChI=1S/C22H26BrN3O4/c1-3-15-9-14(2)12-26(13-15)22(29)17-10-16(23)6-7-18(17)25-20(27)11-24-21(28)19-5-4-8-30-19/h4-8,10,14-15H,3,9,11-13H2,1-2H3,(H,24,28)(H,25,27). The summed E-state index contributed by atoms with van der Waals surface area (Å²) in [4.78, 5) is 39.4. The van der Waals surface area contributed by atoms with Gasteiger partial charge in [-0.2, -0.15) is 0 Å². The van der Waals surface area contributed by atoms with E-state index in [1.54, 1.807) is 24.3 Å². The maximum atomic E-state index is 13.3. The molecule has 2 heterocycles. The molecule has 0 spiro atoms. The van der Waals surface area contributed by atoms with Crippen LogP contribution in [0, 0.1) is 11.8 Å². The molecule has 2 unspecified atom stereocenters. The number of furan rings is 1. The van der Waals surface area contributed by atoms with Gasteiger partial charge in [-0.05, 0) is 48.6 Å². The van der Waals surface area contributed by atoms with Crippen LogP contribution in [0.2, 0.25) is 0 Å². The van der Waals surface area contributed by atoms with Crippen LogP contribution < -0.4 is 10.6 Å². The number of anilines is 1. The molecule has 8 heteroatoms. The molecule has 0 bridgehead atoms. The second-order valence-corrected chi connectivity index (χ2v) is 8.64. The molecule has 2 atom stereocenters. The first-order valence-corrected chi connectivity index (χ1v) is 10.9. The smallest absolute Gasteiger partial charge is 0.287 e. The van der Waals surface area contributed by atoms with E-state index in [1.807, 2.05) is 4.90 Å². The zero-order valence-corrected chi connectivity index (χ0v) is 18.7. The first-order valence-electron chi connectivity index (χ1n) is 10.1. The normalized spacial score (nSPS) is 18.7. The Morgan fingerprint density at radius 1 is 1.23 bits per heavy atom. The summed E-state index contributed by atoms with van der Waals surface area (Å²) in [5.74, 6) is 0.0532. The molecule has 7 nitrogen and oxygen atoms in total. The molecule has 1 saturated heterocycles. The monoisotopic (exact) mass is 475 g/mol. The third kappa shape index (κ3) is 5.50. The average Bonchev–Trinajstić information content (AvgIpc) is 3.27. The van der Waals surface area contributed by atoms with Gasteiger partial charge in [0, 0.05) is 17.6 Å². The van der Waals surface area contributed by atoms with Crippen molar-refractivity contribution in [2.45, 2.75) is 26.7 Å². The molecule has 3 amide bonds. The van der Waals surface area contributed by atoms with Crippen LogP contribution in [0.25, 0.3) is 0 Å². The molecule has 30 heavy (non-hydrogen) atoms. The second-order valence-electron chi connectivity index (χ2n) is 7.72. The first-order chi connectivity index (χ1) is 14.4. The molecule has 1 aromatic heterocycles. The van der Waals surface area contributed by atoms with Crippen LogP contribution in [0.15, 0.2) is 45.5 Å². The number of amides is 3. The van der Waals surface area contributed by atoms with Crippen molar-refractivity contribution in [1.29, 1.82) is 0 Å². The zero-order valence-electron chi connectivity index (χ0n) is 17.1. The molecule has 3 rings (SSSR count). The van der Waals surface area contributed by atoms with Gasteiger partial charge in [0.2, 0.25) is 5.91 Å². The Bertz CT molecular complexity index is 913. The molecule has 1 aliphatic rings. The van der Waals surface area contributed by atoms with Crippen molar-refractivity contribution in [2.75, 3.05) is 25.0 Å². The fourth-order valence-electron chi connectivity index (χ4n) is 3.76. The summed E-state index contributed by atoms with van der Waals surface area (Å²) in [7, 11) is 0. The summed E-state index contributed by atoms with van der Waals surface area (Å²) >= 11 is 3.41. The number of rotatable bonds is 6. The number of piperidine rings is 1. The van der Waals surface area contributed by atoms with Gasteiger partial charge in [0.05, 0.1) is 24.1 Å². The quantitative estimate of drug-likeness (QED) is 0.661. The van der Waals surface area contributed by atoms with Crippen molar-refractivity contribution < 1.29 is 18.8 Å². The van der Waals surface area contributed by atoms with Gasteiger partial charge in [0.25, 0.3) is 11.8 Å². The van der Waals surface area contributed by atoms with Gasteiger partial charge < -0.3 is 20.0 Å². The SMILES string of the molecule is CCC1CC(C)CN(C(=O)c2cc(Br)ccc2NC(=O)CNC(=O)c2ccco2)C1. The van der Waals surface area contributed by atoms with E-state index in [0.29, 0.717) is 29.6 Å². The van der Waals surface area contributed by atoms with E-state index >= 15 is 0 Å². The highest BCUT2D eigenvalue weighted by molar-refractivity contribution is 9.10. The van der Waals surface area contributed by atoms with Gasteiger partial charge in [-0.1, -0.05) is 36.2 Å². The molecule has 1 fully saturated rings. The van der Waals surface area contributed by atoms with Crippen molar-refractivity contribution in [3.63, 3.8) is 0 Å². The number of carbonyl (C=O) groups is 3. The van der Waals surface area contributed by atoms with Crippen LogP contribution in [-0.4, -0.2) is 42.3 Å². The summed E-state index contributed by atoms with van der Waals surface area (Å²) in [6.07, 6.45) is 3.54. The van der Waals surface area contributed by atoms with Crippen molar-refractivity contribution in [1.82, 2.24) is 10.2 Å². The Morgan fingerprint density at radius 2 is 2.03 bits per heavy atom. The Balaban J connectivity index is 1.69. The highest BCUT2D eigenvalue weighted by atomic mass is 79.9. The van der Waals surface area contributed by atoms with Gasteiger partial charge in [-0.3, -0.25) is 14.4 Å². The van der Waals surface area contributed by atoms with Gasteiger partial charge >= 0.3 is 0 Å². The van der Waals surface area contributed by atoms with E-state index in [-0.39, 0.29) is 18.2 Å². The Morgan fingerprint density at radius 3 is 2.73 bits per heavy atom. The molecule has 2 N–H and O–H groups in total.